The lowest BCUT2D eigenvalue weighted by Gasteiger charge is -2.21. The molecule has 1 aliphatic heterocycles. The first-order valence-corrected chi connectivity index (χ1v) is 9.43. The Labute approximate surface area is 169 Å². The summed E-state index contributed by atoms with van der Waals surface area (Å²) in [6, 6.07) is 12.3. The van der Waals surface area contributed by atoms with Crippen molar-refractivity contribution in [2.45, 2.75) is 6.92 Å². The number of methoxy groups -OCH3 is 1. The van der Waals surface area contributed by atoms with Crippen molar-refractivity contribution in [2.75, 3.05) is 50.6 Å². The van der Waals surface area contributed by atoms with E-state index in [-0.39, 0.29) is 24.9 Å². The van der Waals surface area contributed by atoms with Crippen LogP contribution in [-0.4, -0.2) is 56.7 Å². The Balaban J connectivity index is 1.50. The van der Waals surface area contributed by atoms with Gasteiger partial charge in [-0.05, 0) is 42.9 Å². The summed E-state index contributed by atoms with van der Waals surface area (Å²) in [7, 11) is 1.59. The Morgan fingerprint density at radius 2 is 1.52 bits per heavy atom. The Morgan fingerprint density at radius 1 is 0.931 bits per heavy atom. The Morgan fingerprint density at radius 3 is 2.14 bits per heavy atom. The second kappa shape index (κ2) is 9.79. The monoisotopic (exact) mass is 399 g/mol. The van der Waals surface area contributed by atoms with E-state index in [1.807, 2.05) is 6.92 Å². The minimum atomic E-state index is -0.208. The number of likely N-dealkylation sites (N-methyl/N-ethyl adjacent to an activating group) is 1. The molecule has 1 heterocycles. The molecule has 2 N–H and O–H groups in total. The third kappa shape index (κ3) is 5.86. The van der Waals surface area contributed by atoms with E-state index >= 15 is 0 Å². The first kappa shape index (κ1) is 20.5. The molecule has 0 aliphatic carbocycles. The van der Waals surface area contributed by atoms with Gasteiger partial charge in [0.25, 0.3) is 0 Å². The highest BCUT2D eigenvalue weighted by Crippen LogP contribution is 2.32. The molecule has 0 radical (unpaired) electrons. The molecule has 0 fully saturated rings. The van der Waals surface area contributed by atoms with Gasteiger partial charge in [-0.25, -0.2) is 0 Å². The fourth-order valence-corrected chi connectivity index (χ4v) is 2.88. The SMILES string of the molecule is CCN(CC(=O)Nc1ccc(OC)cc1)CC(=O)Nc1ccc2c(c1)OCCO2. The number of benzene rings is 2. The van der Waals surface area contributed by atoms with Crippen LogP contribution >= 0.6 is 0 Å². The molecule has 3 rings (SSSR count). The number of carbonyl (C=O) groups is 2. The van der Waals surface area contributed by atoms with E-state index in [0.29, 0.717) is 48.4 Å². The van der Waals surface area contributed by atoms with Crippen LogP contribution in [0, 0.1) is 0 Å². The van der Waals surface area contributed by atoms with Crippen molar-refractivity contribution >= 4 is 23.2 Å². The maximum atomic E-state index is 12.4. The van der Waals surface area contributed by atoms with E-state index in [2.05, 4.69) is 10.6 Å². The largest absolute Gasteiger partial charge is 0.497 e. The van der Waals surface area contributed by atoms with Crippen molar-refractivity contribution in [2.24, 2.45) is 0 Å². The minimum Gasteiger partial charge on any atom is -0.497 e. The zero-order chi connectivity index (χ0) is 20.6. The van der Waals surface area contributed by atoms with E-state index in [1.165, 1.54) is 0 Å². The zero-order valence-electron chi connectivity index (χ0n) is 16.6. The average molecular weight is 399 g/mol. The Kier molecular flexibility index (Phi) is 6.91. The number of carbonyl (C=O) groups excluding carboxylic acids is 2. The molecular weight excluding hydrogens is 374 g/mol. The van der Waals surface area contributed by atoms with Crippen LogP contribution in [0.5, 0.6) is 17.2 Å². The lowest BCUT2D eigenvalue weighted by molar-refractivity contribution is -0.119. The quantitative estimate of drug-likeness (QED) is 0.709. The van der Waals surface area contributed by atoms with Gasteiger partial charge in [0, 0.05) is 17.4 Å². The summed E-state index contributed by atoms with van der Waals surface area (Å²) >= 11 is 0. The number of amides is 2. The van der Waals surface area contributed by atoms with E-state index in [9.17, 15) is 9.59 Å². The van der Waals surface area contributed by atoms with E-state index in [1.54, 1.807) is 54.5 Å². The fourth-order valence-electron chi connectivity index (χ4n) is 2.88. The highest BCUT2D eigenvalue weighted by atomic mass is 16.6. The standard InChI is InChI=1S/C21H25N3O5/c1-3-24(13-20(25)22-15-4-7-17(27-2)8-5-15)14-21(26)23-16-6-9-18-19(12-16)29-11-10-28-18/h4-9,12H,3,10-11,13-14H2,1-2H3,(H,22,25)(H,23,26). The van der Waals surface area contributed by atoms with Crippen LogP contribution in [0.15, 0.2) is 42.5 Å². The molecule has 0 unspecified atom stereocenters. The van der Waals surface area contributed by atoms with Gasteiger partial charge in [0.1, 0.15) is 19.0 Å². The average Bonchev–Trinajstić information content (AvgIpc) is 2.73. The van der Waals surface area contributed by atoms with Gasteiger partial charge in [-0.15, -0.1) is 0 Å². The van der Waals surface area contributed by atoms with Gasteiger partial charge in [0.15, 0.2) is 11.5 Å². The molecule has 0 saturated heterocycles. The minimum absolute atomic E-state index is 0.0982. The third-order valence-electron chi connectivity index (χ3n) is 4.38. The van der Waals surface area contributed by atoms with Crippen molar-refractivity contribution in [3.63, 3.8) is 0 Å². The predicted molar refractivity (Wildman–Crippen MR) is 110 cm³/mol. The van der Waals surface area contributed by atoms with Crippen LogP contribution in [0.1, 0.15) is 6.92 Å². The maximum absolute atomic E-state index is 12.4. The highest BCUT2D eigenvalue weighted by Gasteiger charge is 2.16. The van der Waals surface area contributed by atoms with Crippen LogP contribution in [0.4, 0.5) is 11.4 Å². The summed E-state index contributed by atoms with van der Waals surface area (Å²) in [5, 5.41) is 5.65. The molecule has 8 heteroatoms. The van der Waals surface area contributed by atoms with Crippen LogP contribution in [0.2, 0.25) is 0 Å². The maximum Gasteiger partial charge on any atom is 0.238 e. The van der Waals surface area contributed by atoms with Crippen molar-refractivity contribution < 1.29 is 23.8 Å². The van der Waals surface area contributed by atoms with Crippen LogP contribution in [0.3, 0.4) is 0 Å². The molecule has 1 aliphatic rings. The molecule has 2 aromatic rings. The number of anilines is 2. The number of fused-ring (bicyclic) bond motifs is 1. The Hall–Kier alpha value is -3.26. The lowest BCUT2D eigenvalue weighted by atomic mass is 10.2. The number of nitrogens with one attached hydrogen (secondary N) is 2. The van der Waals surface area contributed by atoms with Crippen molar-refractivity contribution in [1.29, 1.82) is 0 Å². The summed E-state index contributed by atoms with van der Waals surface area (Å²) in [4.78, 5) is 26.4. The first-order valence-electron chi connectivity index (χ1n) is 9.43. The molecule has 0 saturated carbocycles. The van der Waals surface area contributed by atoms with Gasteiger partial charge in [-0.2, -0.15) is 0 Å². The smallest absolute Gasteiger partial charge is 0.238 e. The van der Waals surface area contributed by atoms with Crippen molar-refractivity contribution in [3.05, 3.63) is 42.5 Å². The molecule has 2 aromatic carbocycles. The zero-order valence-corrected chi connectivity index (χ0v) is 16.6. The van der Waals surface area contributed by atoms with E-state index in [0.717, 1.165) is 0 Å². The van der Waals surface area contributed by atoms with Crippen molar-refractivity contribution in [3.8, 4) is 17.2 Å². The number of rotatable bonds is 8. The summed E-state index contributed by atoms with van der Waals surface area (Å²) in [5.41, 5.74) is 1.30. The summed E-state index contributed by atoms with van der Waals surface area (Å²) in [5.74, 6) is 1.60. The first-order chi connectivity index (χ1) is 14.1. The summed E-state index contributed by atoms with van der Waals surface area (Å²) in [6.07, 6.45) is 0. The number of ether oxygens (including phenoxy) is 3. The molecular formula is C21H25N3O5. The predicted octanol–water partition coefficient (Wildman–Crippen LogP) is 2.37. The second-order valence-electron chi connectivity index (χ2n) is 6.49. The van der Waals surface area contributed by atoms with Crippen LogP contribution in [0.25, 0.3) is 0 Å². The second-order valence-corrected chi connectivity index (χ2v) is 6.49. The van der Waals surface area contributed by atoms with E-state index in [4.69, 9.17) is 14.2 Å². The third-order valence-corrected chi connectivity index (χ3v) is 4.38. The molecule has 8 nitrogen and oxygen atoms in total. The van der Waals surface area contributed by atoms with Gasteiger partial charge in [0.05, 0.1) is 20.2 Å². The lowest BCUT2D eigenvalue weighted by Crippen LogP contribution is -2.38. The molecule has 0 bridgehead atoms. The van der Waals surface area contributed by atoms with Gasteiger partial charge >= 0.3 is 0 Å². The topological polar surface area (TPSA) is 89.1 Å². The fraction of sp³-hybridized carbons (Fsp3) is 0.333. The molecule has 2 amide bonds. The van der Waals surface area contributed by atoms with Gasteiger partial charge in [-0.3, -0.25) is 14.5 Å². The van der Waals surface area contributed by atoms with E-state index < -0.39 is 0 Å². The number of hydrogen-bond acceptors (Lipinski definition) is 6. The van der Waals surface area contributed by atoms with Gasteiger partial charge in [0.2, 0.25) is 11.8 Å². The van der Waals surface area contributed by atoms with Crippen LogP contribution < -0.4 is 24.8 Å². The summed E-state index contributed by atoms with van der Waals surface area (Å²) in [6.45, 7) is 3.67. The normalized spacial score (nSPS) is 12.4. The summed E-state index contributed by atoms with van der Waals surface area (Å²) < 4.78 is 16.1. The number of hydrogen-bond donors (Lipinski definition) is 2. The van der Waals surface area contributed by atoms with Gasteiger partial charge < -0.3 is 24.8 Å². The molecule has 0 aromatic heterocycles. The molecule has 154 valence electrons. The van der Waals surface area contributed by atoms with Gasteiger partial charge in [-0.1, -0.05) is 6.92 Å². The van der Waals surface area contributed by atoms with Crippen molar-refractivity contribution in [1.82, 2.24) is 4.90 Å². The highest BCUT2D eigenvalue weighted by molar-refractivity contribution is 5.94. The molecule has 0 atom stereocenters. The number of nitrogens with zero attached hydrogens (tertiary/aromatic N) is 1. The molecule has 29 heavy (non-hydrogen) atoms. The molecule has 0 spiro atoms. The van der Waals surface area contributed by atoms with Crippen LogP contribution in [-0.2, 0) is 9.59 Å². The Bertz CT molecular complexity index is 854.